The number of hydrogen-bond donors (Lipinski definition) is 2. The number of fused-ring (bicyclic) bond motifs is 2. The second-order valence-corrected chi connectivity index (χ2v) is 7.03. The highest BCUT2D eigenvalue weighted by Gasteiger charge is 2.51. The van der Waals surface area contributed by atoms with Gasteiger partial charge in [0, 0.05) is 12.1 Å². The Morgan fingerprint density at radius 2 is 1.75 bits per heavy atom. The Hall–Kier alpha value is -1.30. The van der Waals surface area contributed by atoms with Crippen LogP contribution in [0.4, 0.5) is 4.79 Å². The molecule has 0 aromatic carbocycles. The third-order valence-corrected chi connectivity index (χ3v) is 4.37. The zero-order chi connectivity index (χ0) is 15.1. The third kappa shape index (κ3) is 2.90. The van der Waals surface area contributed by atoms with Gasteiger partial charge < -0.3 is 20.7 Å². The van der Waals surface area contributed by atoms with E-state index in [1.54, 1.807) is 20.8 Å². The zero-order valence-electron chi connectivity index (χ0n) is 12.7. The molecule has 2 fully saturated rings. The van der Waals surface area contributed by atoms with Gasteiger partial charge in [-0.15, -0.1) is 0 Å². The van der Waals surface area contributed by atoms with Crippen molar-refractivity contribution in [1.29, 1.82) is 0 Å². The number of amides is 2. The van der Waals surface area contributed by atoms with E-state index in [4.69, 9.17) is 10.5 Å². The first kappa shape index (κ1) is 15.1. The van der Waals surface area contributed by atoms with Crippen LogP contribution in [0.25, 0.3) is 0 Å². The van der Waals surface area contributed by atoms with Crippen LogP contribution in [0.5, 0.6) is 0 Å². The number of ether oxygens (including phenoxy) is 1. The molecule has 2 atom stereocenters. The van der Waals surface area contributed by atoms with Crippen LogP contribution in [0.1, 0.15) is 46.5 Å². The fourth-order valence-electron chi connectivity index (χ4n) is 3.33. The molecule has 3 N–H and O–H groups in total. The van der Waals surface area contributed by atoms with Gasteiger partial charge in [-0.2, -0.15) is 0 Å². The second-order valence-electron chi connectivity index (χ2n) is 7.03. The first-order chi connectivity index (χ1) is 9.13. The molecule has 0 spiro atoms. The summed E-state index contributed by atoms with van der Waals surface area (Å²) in [4.78, 5) is 26.2. The monoisotopic (exact) mass is 283 g/mol. The molecular weight excluding hydrogens is 258 g/mol. The predicted octanol–water partition coefficient (Wildman–Crippen LogP) is 0.992. The van der Waals surface area contributed by atoms with E-state index in [0.29, 0.717) is 24.9 Å². The average Bonchev–Trinajstić information content (AvgIpc) is 2.51. The first-order valence-corrected chi connectivity index (χ1v) is 7.16. The van der Waals surface area contributed by atoms with E-state index in [1.807, 2.05) is 0 Å². The Labute approximate surface area is 120 Å². The van der Waals surface area contributed by atoms with Crippen LogP contribution in [0.2, 0.25) is 0 Å². The Bertz CT molecular complexity index is 402. The molecule has 0 radical (unpaired) electrons. The molecular formula is C14H25N3O3. The molecule has 0 aromatic heterocycles. The van der Waals surface area contributed by atoms with Gasteiger partial charge in [-0.3, -0.25) is 4.79 Å². The standard InChI is InChI=1S/C14H25N3O3/c1-13(2,3)20-12(19)16-14(11(15)18)7-9-5-6-10(8-14)17(9)4/h9-10H,5-8H2,1-4H3,(H2,15,18)(H,16,19). The van der Waals surface area contributed by atoms with Gasteiger partial charge in [0.2, 0.25) is 5.91 Å². The molecule has 114 valence electrons. The molecule has 2 rings (SSSR count). The van der Waals surface area contributed by atoms with Crippen LogP contribution in [0.3, 0.4) is 0 Å². The number of nitrogens with zero attached hydrogens (tertiary/aromatic N) is 1. The summed E-state index contributed by atoms with van der Waals surface area (Å²) in [6.45, 7) is 5.38. The molecule has 0 aliphatic carbocycles. The molecule has 2 heterocycles. The van der Waals surface area contributed by atoms with Gasteiger partial charge in [0.05, 0.1) is 0 Å². The molecule has 0 saturated carbocycles. The first-order valence-electron chi connectivity index (χ1n) is 7.16. The summed E-state index contributed by atoms with van der Waals surface area (Å²) in [5.74, 6) is -0.464. The molecule has 20 heavy (non-hydrogen) atoms. The van der Waals surface area contributed by atoms with Crippen LogP contribution >= 0.6 is 0 Å². The van der Waals surface area contributed by atoms with Crippen molar-refractivity contribution < 1.29 is 14.3 Å². The molecule has 0 aromatic rings. The van der Waals surface area contributed by atoms with Gasteiger partial charge in [-0.1, -0.05) is 0 Å². The Morgan fingerprint density at radius 3 is 2.15 bits per heavy atom. The van der Waals surface area contributed by atoms with E-state index in [2.05, 4.69) is 17.3 Å². The van der Waals surface area contributed by atoms with Crippen molar-refractivity contribution in [3.05, 3.63) is 0 Å². The molecule has 2 unspecified atom stereocenters. The second kappa shape index (κ2) is 4.91. The largest absolute Gasteiger partial charge is 0.444 e. The summed E-state index contributed by atoms with van der Waals surface area (Å²) in [5, 5.41) is 2.75. The van der Waals surface area contributed by atoms with Crippen molar-refractivity contribution in [2.45, 2.75) is 69.7 Å². The normalized spacial score (nSPS) is 33.8. The molecule has 2 saturated heterocycles. The van der Waals surface area contributed by atoms with E-state index in [1.165, 1.54) is 0 Å². The fraction of sp³-hybridized carbons (Fsp3) is 0.857. The van der Waals surface area contributed by atoms with E-state index in [-0.39, 0.29) is 0 Å². The Balaban J connectivity index is 2.12. The van der Waals surface area contributed by atoms with Crippen LogP contribution in [0.15, 0.2) is 0 Å². The molecule has 6 nitrogen and oxygen atoms in total. The van der Waals surface area contributed by atoms with E-state index in [0.717, 1.165) is 12.8 Å². The summed E-state index contributed by atoms with van der Waals surface area (Å²) in [7, 11) is 2.07. The highest BCUT2D eigenvalue weighted by atomic mass is 16.6. The van der Waals surface area contributed by atoms with Crippen molar-refractivity contribution in [3.63, 3.8) is 0 Å². The number of rotatable bonds is 2. The van der Waals surface area contributed by atoms with Gasteiger partial charge in [0.1, 0.15) is 11.1 Å². The van der Waals surface area contributed by atoms with Gasteiger partial charge >= 0.3 is 6.09 Å². The maximum Gasteiger partial charge on any atom is 0.408 e. The maximum atomic E-state index is 12.0. The average molecular weight is 283 g/mol. The minimum absolute atomic E-state index is 0.302. The van der Waals surface area contributed by atoms with E-state index >= 15 is 0 Å². The maximum absolute atomic E-state index is 12.0. The van der Waals surface area contributed by atoms with Crippen LogP contribution < -0.4 is 11.1 Å². The van der Waals surface area contributed by atoms with E-state index < -0.39 is 23.1 Å². The number of nitrogens with two attached hydrogens (primary N) is 1. The molecule has 2 aliphatic heterocycles. The van der Waals surface area contributed by atoms with Crippen molar-refractivity contribution in [2.24, 2.45) is 5.73 Å². The van der Waals surface area contributed by atoms with Crippen LogP contribution in [0, 0.1) is 0 Å². The number of carbonyl (C=O) groups is 2. The topological polar surface area (TPSA) is 84.7 Å². The van der Waals surface area contributed by atoms with Crippen LogP contribution in [-0.2, 0) is 9.53 Å². The highest BCUT2D eigenvalue weighted by molar-refractivity contribution is 5.89. The summed E-state index contributed by atoms with van der Waals surface area (Å²) < 4.78 is 5.26. The minimum atomic E-state index is -0.972. The smallest absolute Gasteiger partial charge is 0.408 e. The van der Waals surface area contributed by atoms with Gasteiger partial charge in [-0.25, -0.2) is 4.79 Å². The lowest BCUT2D eigenvalue weighted by atomic mass is 9.82. The molecule has 2 aliphatic rings. The van der Waals surface area contributed by atoms with Gasteiger partial charge in [-0.05, 0) is 53.5 Å². The van der Waals surface area contributed by atoms with Crippen molar-refractivity contribution in [3.8, 4) is 0 Å². The third-order valence-electron chi connectivity index (χ3n) is 4.37. The van der Waals surface area contributed by atoms with Crippen molar-refractivity contribution in [1.82, 2.24) is 10.2 Å². The number of hydrogen-bond acceptors (Lipinski definition) is 4. The summed E-state index contributed by atoms with van der Waals surface area (Å²) in [5.41, 5.74) is 4.02. The zero-order valence-corrected chi connectivity index (χ0v) is 12.7. The SMILES string of the molecule is CN1C2CCC1CC(NC(=O)OC(C)(C)C)(C(N)=O)C2. The lowest BCUT2D eigenvalue weighted by Crippen LogP contribution is -2.64. The number of piperidine rings is 1. The van der Waals surface area contributed by atoms with Crippen LogP contribution in [-0.4, -0.2) is 47.2 Å². The van der Waals surface area contributed by atoms with Gasteiger partial charge in [0.25, 0.3) is 0 Å². The number of nitrogens with one attached hydrogen (secondary N) is 1. The summed E-state index contributed by atoms with van der Waals surface area (Å²) in [6.07, 6.45) is 2.65. The number of alkyl carbamates (subject to hydrolysis) is 1. The Kier molecular flexibility index (Phi) is 3.71. The van der Waals surface area contributed by atoms with Gasteiger partial charge in [0.15, 0.2) is 0 Å². The lowest BCUT2D eigenvalue weighted by molar-refractivity contribution is -0.127. The minimum Gasteiger partial charge on any atom is -0.444 e. The molecule has 2 amide bonds. The number of primary amides is 1. The highest BCUT2D eigenvalue weighted by Crippen LogP contribution is 2.39. The Morgan fingerprint density at radius 1 is 1.25 bits per heavy atom. The summed E-state index contributed by atoms with van der Waals surface area (Å²) >= 11 is 0. The molecule has 6 heteroatoms. The van der Waals surface area contributed by atoms with Crippen molar-refractivity contribution >= 4 is 12.0 Å². The van der Waals surface area contributed by atoms with Crippen molar-refractivity contribution in [2.75, 3.05) is 7.05 Å². The van der Waals surface area contributed by atoms with E-state index in [9.17, 15) is 9.59 Å². The summed E-state index contributed by atoms with van der Waals surface area (Å²) in [6, 6.07) is 0.604. The molecule has 2 bridgehead atoms. The number of carbonyl (C=O) groups excluding carboxylic acids is 2. The lowest BCUT2D eigenvalue weighted by Gasteiger charge is -2.43. The fourth-order valence-corrected chi connectivity index (χ4v) is 3.33. The predicted molar refractivity (Wildman–Crippen MR) is 75.1 cm³/mol. The quantitative estimate of drug-likeness (QED) is 0.791.